The van der Waals surface area contributed by atoms with Crippen LogP contribution in [0.25, 0.3) is 11.1 Å². The van der Waals surface area contributed by atoms with Crippen LogP contribution in [0.1, 0.15) is 6.92 Å². The standard InChI is InChI=1S/C11H11N3O2/c1-7(15)14-9-4-2-8(3-5-9)10-6-13-16-11(10)12/h2-6H,12H2,1H3,(H,14,15). The summed E-state index contributed by atoms with van der Waals surface area (Å²) in [6.45, 7) is 1.46. The number of amides is 1. The first-order valence-corrected chi connectivity index (χ1v) is 4.75. The zero-order chi connectivity index (χ0) is 11.5. The predicted octanol–water partition coefficient (Wildman–Crippen LogP) is 1.88. The molecule has 0 saturated carbocycles. The molecule has 5 heteroatoms. The van der Waals surface area contributed by atoms with Gasteiger partial charge in [0.1, 0.15) is 0 Å². The van der Waals surface area contributed by atoms with Crippen molar-refractivity contribution in [1.82, 2.24) is 5.16 Å². The molecule has 0 fully saturated rings. The van der Waals surface area contributed by atoms with E-state index < -0.39 is 0 Å². The average molecular weight is 217 g/mol. The number of hydrogen-bond donors (Lipinski definition) is 2. The Labute approximate surface area is 92.2 Å². The van der Waals surface area contributed by atoms with Crippen LogP contribution in [-0.4, -0.2) is 11.1 Å². The van der Waals surface area contributed by atoms with Crippen LogP contribution >= 0.6 is 0 Å². The monoisotopic (exact) mass is 217 g/mol. The van der Waals surface area contributed by atoms with Crippen molar-refractivity contribution in [2.75, 3.05) is 11.1 Å². The summed E-state index contributed by atoms with van der Waals surface area (Å²) in [5, 5.41) is 6.28. The van der Waals surface area contributed by atoms with E-state index in [-0.39, 0.29) is 11.8 Å². The lowest BCUT2D eigenvalue weighted by Gasteiger charge is -2.03. The Morgan fingerprint density at radius 2 is 2.06 bits per heavy atom. The van der Waals surface area contributed by atoms with Crippen molar-refractivity contribution in [1.29, 1.82) is 0 Å². The molecule has 3 N–H and O–H groups in total. The Morgan fingerprint density at radius 3 is 2.56 bits per heavy atom. The molecule has 1 aromatic carbocycles. The smallest absolute Gasteiger partial charge is 0.229 e. The lowest BCUT2D eigenvalue weighted by atomic mass is 10.1. The number of hydrogen-bond acceptors (Lipinski definition) is 4. The maximum atomic E-state index is 10.8. The molecular formula is C11H11N3O2. The van der Waals surface area contributed by atoms with Crippen LogP contribution in [0.4, 0.5) is 11.6 Å². The van der Waals surface area contributed by atoms with Gasteiger partial charge in [-0.3, -0.25) is 4.79 Å². The third-order valence-corrected chi connectivity index (χ3v) is 2.11. The van der Waals surface area contributed by atoms with Gasteiger partial charge in [-0.2, -0.15) is 0 Å². The number of aromatic nitrogens is 1. The normalized spacial score (nSPS) is 10.1. The summed E-state index contributed by atoms with van der Waals surface area (Å²) in [4.78, 5) is 10.8. The second kappa shape index (κ2) is 4.06. The van der Waals surface area contributed by atoms with E-state index in [2.05, 4.69) is 10.5 Å². The summed E-state index contributed by atoms with van der Waals surface area (Å²) in [6, 6.07) is 7.27. The molecule has 1 amide bonds. The second-order valence-corrected chi connectivity index (χ2v) is 3.36. The third kappa shape index (κ3) is 2.03. The molecule has 0 radical (unpaired) electrons. The van der Waals surface area contributed by atoms with Crippen molar-refractivity contribution in [2.24, 2.45) is 0 Å². The van der Waals surface area contributed by atoms with Gasteiger partial charge in [0.15, 0.2) is 0 Å². The molecule has 1 heterocycles. The van der Waals surface area contributed by atoms with Gasteiger partial charge >= 0.3 is 0 Å². The highest BCUT2D eigenvalue weighted by atomic mass is 16.5. The van der Waals surface area contributed by atoms with Crippen molar-refractivity contribution in [3.63, 3.8) is 0 Å². The number of benzene rings is 1. The number of carbonyl (C=O) groups is 1. The SMILES string of the molecule is CC(=O)Nc1ccc(-c2cnoc2N)cc1. The van der Waals surface area contributed by atoms with Gasteiger partial charge in [-0.05, 0) is 17.7 Å². The first-order valence-electron chi connectivity index (χ1n) is 4.75. The van der Waals surface area contributed by atoms with Crippen LogP contribution in [0.2, 0.25) is 0 Å². The Kier molecular flexibility index (Phi) is 2.59. The Bertz CT molecular complexity index is 502. The minimum atomic E-state index is -0.0998. The van der Waals surface area contributed by atoms with Crippen LogP contribution in [-0.2, 0) is 4.79 Å². The van der Waals surface area contributed by atoms with E-state index in [9.17, 15) is 4.79 Å². The molecule has 0 saturated heterocycles. The molecule has 2 aromatic rings. The molecule has 1 aromatic heterocycles. The zero-order valence-electron chi connectivity index (χ0n) is 8.73. The maximum absolute atomic E-state index is 10.8. The number of anilines is 2. The van der Waals surface area contributed by atoms with E-state index in [1.807, 2.05) is 12.1 Å². The number of carbonyl (C=O) groups excluding carboxylic acids is 1. The predicted molar refractivity (Wildman–Crippen MR) is 60.7 cm³/mol. The van der Waals surface area contributed by atoms with Crippen LogP contribution < -0.4 is 11.1 Å². The van der Waals surface area contributed by atoms with E-state index in [0.29, 0.717) is 0 Å². The second-order valence-electron chi connectivity index (χ2n) is 3.36. The van der Waals surface area contributed by atoms with Crippen LogP contribution in [0.5, 0.6) is 0 Å². The minimum absolute atomic E-state index is 0.0998. The average Bonchev–Trinajstić information content (AvgIpc) is 2.65. The van der Waals surface area contributed by atoms with Crippen LogP contribution in [0.15, 0.2) is 35.0 Å². The molecule has 0 spiro atoms. The molecule has 0 atom stereocenters. The lowest BCUT2D eigenvalue weighted by molar-refractivity contribution is -0.114. The number of nitrogens with one attached hydrogen (secondary N) is 1. The quantitative estimate of drug-likeness (QED) is 0.804. The van der Waals surface area contributed by atoms with Gasteiger partial charge in [0.25, 0.3) is 0 Å². The first kappa shape index (κ1) is 10.2. The summed E-state index contributed by atoms with van der Waals surface area (Å²) >= 11 is 0. The summed E-state index contributed by atoms with van der Waals surface area (Å²) in [5.41, 5.74) is 7.98. The molecule has 5 nitrogen and oxygen atoms in total. The molecule has 0 aliphatic heterocycles. The molecular weight excluding hydrogens is 206 g/mol. The fourth-order valence-electron chi connectivity index (χ4n) is 1.40. The Hall–Kier alpha value is -2.30. The largest absolute Gasteiger partial charge is 0.367 e. The van der Waals surface area contributed by atoms with E-state index in [1.165, 1.54) is 6.92 Å². The van der Waals surface area contributed by atoms with Crippen molar-refractivity contribution in [3.05, 3.63) is 30.5 Å². The Balaban J connectivity index is 2.26. The summed E-state index contributed by atoms with van der Waals surface area (Å²) < 4.78 is 4.77. The summed E-state index contributed by atoms with van der Waals surface area (Å²) in [5.74, 6) is 0.185. The van der Waals surface area contributed by atoms with Gasteiger partial charge in [0.2, 0.25) is 11.8 Å². The topological polar surface area (TPSA) is 81.2 Å². The molecule has 16 heavy (non-hydrogen) atoms. The van der Waals surface area contributed by atoms with Gasteiger partial charge in [-0.1, -0.05) is 17.3 Å². The highest BCUT2D eigenvalue weighted by Gasteiger charge is 2.06. The van der Waals surface area contributed by atoms with E-state index in [4.69, 9.17) is 10.3 Å². The summed E-state index contributed by atoms with van der Waals surface area (Å²) in [6.07, 6.45) is 1.56. The fraction of sp³-hybridized carbons (Fsp3) is 0.0909. The van der Waals surface area contributed by atoms with Crippen LogP contribution in [0, 0.1) is 0 Å². The number of rotatable bonds is 2. The fourth-order valence-corrected chi connectivity index (χ4v) is 1.40. The van der Waals surface area contributed by atoms with E-state index >= 15 is 0 Å². The molecule has 0 aliphatic rings. The van der Waals surface area contributed by atoms with Gasteiger partial charge in [0.05, 0.1) is 11.8 Å². The molecule has 82 valence electrons. The number of nitrogen functional groups attached to an aromatic ring is 1. The van der Waals surface area contributed by atoms with E-state index in [1.54, 1.807) is 18.3 Å². The third-order valence-electron chi connectivity index (χ3n) is 2.11. The van der Waals surface area contributed by atoms with Gasteiger partial charge < -0.3 is 15.6 Å². The molecule has 0 aliphatic carbocycles. The highest BCUT2D eigenvalue weighted by molar-refractivity contribution is 5.89. The van der Waals surface area contributed by atoms with Crippen molar-refractivity contribution < 1.29 is 9.32 Å². The van der Waals surface area contributed by atoms with E-state index in [0.717, 1.165) is 16.8 Å². The number of nitrogens with two attached hydrogens (primary N) is 1. The minimum Gasteiger partial charge on any atom is -0.367 e. The van der Waals surface area contributed by atoms with Crippen LogP contribution in [0.3, 0.4) is 0 Å². The lowest BCUT2D eigenvalue weighted by Crippen LogP contribution is -2.05. The zero-order valence-corrected chi connectivity index (χ0v) is 8.73. The number of nitrogens with zero attached hydrogens (tertiary/aromatic N) is 1. The summed E-state index contributed by atoms with van der Waals surface area (Å²) in [7, 11) is 0. The first-order chi connectivity index (χ1) is 7.66. The van der Waals surface area contributed by atoms with Crippen molar-refractivity contribution in [2.45, 2.75) is 6.92 Å². The molecule has 2 rings (SSSR count). The van der Waals surface area contributed by atoms with Crippen molar-refractivity contribution >= 4 is 17.5 Å². The molecule has 0 unspecified atom stereocenters. The van der Waals surface area contributed by atoms with Crippen molar-refractivity contribution in [3.8, 4) is 11.1 Å². The van der Waals surface area contributed by atoms with Gasteiger partial charge in [-0.15, -0.1) is 0 Å². The maximum Gasteiger partial charge on any atom is 0.229 e. The Morgan fingerprint density at radius 1 is 1.38 bits per heavy atom. The highest BCUT2D eigenvalue weighted by Crippen LogP contribution is 2.26. The van der Waals surface area contributed by atoms with Gasteiger partial charge in [-0.25, -0.2) is 0 Å². The molecule has 0 bridgehead atoms. The van der Waals surface area contributed by atoms with Gasteiger partial charge in [0, 0.05) is 12.6 Å².